The van der Waals surface area contributed by atoms with E-state index in [1.54, 1.807) is 12.1 Å². The summed E-state index contributed by atoms with van der Waals surface area (Å²) in [5.74, 6) is 4.92. The minimum Gasteiger partial charge on any atom is -0.504 e. The average molecular weight is 685 g/mol. The molecular weight excluding hydrogens is 632 g/mol. The maximum absolute atomic E-state index is 14.3. The van der Waals surface area contributed by atoms with Crippen molar-refractivity contribution in [2.24, 2.45) is 35.3 Å². The topological polar surface area (TPSA) is 162 Å². The second-order valence-electron chi connectivity index (χ2n) is 14.2. The number of aromatic hydroxyl groups is 1. The molecule has 2 aromatic carbocycles. The van der Waals surface area contributed by atoms with Gasteiger partial charge in [-0.2, -0.15) is 0 Å². The zero-order valence-corrected chi connectivity index (χ0v) is 29.2. The fourth-order valence-electron chi connectivity index (χ4n) is 8.34. The Morgan fingerprint density at radius 3 is 2.54 bits per heavy atom. The number of ketones is 2. The van der Waals surface area contributed by atoms with Gasteiger partial charge in [-0.05, 0) is 103 Å². The first kappa shape index (κ1) is 37.2. The molecule has 7 N–H and O–H groups in total. The van der Waals surface area contributed by atoms with Crippen LogP contribution in [0.25, 0.3) is 0 Å². The van der Waals surface area contributed by atoms with Crippen molar-refractivity contribution in [2.75, 3.05) is 20.3 Å². The molecule has 1 aliphatic heterocycles. The fourth-order valence-corrected chi connectivity index (χ4v) is 8.34. The van der Waals surface area contributed by atoms with Crippen molar-refractivity contribution in [1.82, 2.24) is 5.32 Å². The SMILES string of the molecule is CCC[C@@H]([C@@H]1C[C@@H](CC2=CCNC(N)=C2)C[C@H]2C#C[C@H](c3ccccc3)c3cc(O)c(OC)cc3CCC(=O)[C@H](O)C(=O)[C@H]2C1)[C@H](O)CCO. The Balaban J connectivity index is 1.66. The molecular formula is C41H52N2O7. The molecule has 3 aliphatic rings. The molecule has 9 nitrogen and oxygen atoms in total. The van der Waals surface area contributed by atoms with E-state index in [0.717, 1.165) is 41.5 Å². The van der Waals surface area contributed by atoms with Crippen LogP contribution in [0.2, 0.25) is 0 Å². The Hall–Kier alpha value is -4.10. The molecule has 0 radical (unpaired) electrons. The number of aryl methyl sites for hydroxylation is 1. The van der Waals surface area contributed by atoms with Crippen LogP contribution < -0.4 is 15.8 Å². The standard InChI is InChI=1S/C41H52N2O7/c1-3-7-32(35(45)15-17-44)30-20-26(18-25-14-16-43-39(42)21-25)19-28-10-12-31(27-8-5-4-6-9-27)33-24-37(47)38(50-2)23-29(33)11-13-36(46)41(49)40(48)34(28)22-30/h4-6,8-9,14,21,23-24,26,28,30-32,34-35,41,43-45,47,49H,3,7,11,13,15-20,22,42H2,1-2H3/t26-,28+,30+,31+,32-,34-,35+,41-/m0/s1. The highest BCUT2D eigenvalue weighted by Gasteiger charge is 2.43. The number of Topliss-reactive ketones (excluding diaryl/α,β-unsaturated/α-hetero) is 2. The summed E-state index contributed by atoms with van der Waals surface area (Å²) in [7, 11) is 1.46. The van der Waals surface area contributed by atoms with Crippen LogP contribution >= 0.6 is 0 Å². The fraction of sp³-hybridized carbons (Fsp3) is 0.512. The smallest absolute Gasteiger partial charge is 0.173 e. The van der Waals surface area contributed by atoms with Gasteiger partial charge in [0.1, 0.15) is 0 Å². The van der Waals surface area contributed by atoms with E-state index < -0.39 is 41.5 Å². The maximum Gasteiger partial charge on any atom is 0.173 e. The lowest BCUT2D eigenvalue weighted by Gasteiger charge is -2.33. The van der Waals surface area contributed by atoms with Gasteiger partial charge >= 0.3 is 0 Å². The molecule has 0 saturated heterocycles. The summed E-state index contributed by atoms with van der Waals surface area (Å²) in [6, 6.07) is 13.1. The molecule has 50 heavy (non-hydrogen) atoms. The minimum atomic E-state index is -1.80. The average Bonchev–Trinajstić information content (AvgIpc) is 3.28. The van der Waals surface area contributed by atoms with Gasteiger partial charge in [0, 0.05) is 31.4 Å². The third kappa shape index (κ3) is 8.79. The van der Waals surface area contributed by atoms with Crippen LogP contribution in [0.4, 0.5) is 0 Å². The second kappa shape index (κ2) is 17.2. The molecule has 0 bridgehead atoms. The number of ether oxygens (including phenoxy) is 1. The highest BCUT2D eigenvalue weighted by Crippen LogP contribution is 2.45. The maximum atomic E-state index is 14.3. The third-order valence-corrected chi connectivity index (χ3v) is 10.8. The number of benzene rings is 2. The van der Waals surface area contributed by atoms with E-state index >= 15 is 0 Å². The van der Waals surface area contributed by atoms with E-state index in [9.17, 15) is 30.0 Å². The summed E-state index contributed by atoms with van der Waals surface area (Å²) in [6.07, 6.45) is 5.78. The molecule has 9 heteroatoms. The summed E-state index contributed by atoms with van der Waals surface area (Å²) in [4.78, 5) is 27.9. The van der Waals surface area contributed by atoms with Crippen molar-refractivity contribution in [3.63, 3.8) is 0 Å². The number of rotatable bonds is 10. The number of aliphatic hydroxyl groups excluding tert-OH is 3. The van der Waals surface area contributed by atoms with Crippen molar-refractivity contribution < 1.29 is 34.8 Å². The second-order valence-corrected chi connectivity index (χ2v) is 14.2. The van der Waals surface area contributed by atoms with Crippen LogP contribution in [0.1, 0.15) is 80.9 Å². The molecule has 2 aliphatic carbocycles. The van der Waals surface area contributed by atoms with E-state index in [2.05, 4.69) is 30.2 Å². The molecule has 1 heterocycles. The number of phenols is 1. The molecule has 1 saturated carbocycles. The van der Waals surface area contributed by atoms with Gasteiger partial charge in [-0.25, -0.2) is 0 Å². The molecule has 1 fully saturated rings. The number of methoxy groups -OCH3 is 1. The number of fused-ring (bicyclic) bond motifs is 2. The summed E-state index contributed by atoms with van der Waals surface area (Å²) >= 11 is 0. The molecule has 8 atom stereocenters. The Morgan fingerprint density at radius 2 is 1.84 bits per heavy atom. The van der Waals surface area contributed by atoms with Gasteiger partial charge in [0.15, 0.2) is 29.2 Å². The van der Waals surface area contributed by atoms with E-state index in [1.165, 1.54) is 7.11 Å². The summed E-state index contributed by atoms with van der Waals surface area (Å²) in [5, 5.41) is 46.4. The van der Waals surface area contributed by atoms with Crippen LogP contribution in [0, 0.1) is 41.4 Å². The molecule has 0 aromatic heterocycles. The van der Waals surface area contributed by atoms with Crippen LogP contribution in [0.5, 0.6) is 11.5 Å². The normalized spacial score (nSPS) is 26.9. The van der Waals surface area contributed by atoms with E-state index in [-0.39, 0.29) is 55.1 Å². The molecule has 0 unspecified atom stereocenters. The van der Waals surface area contributed by atoms with Crippen molar-refractivity contribution in [1.29, 1.82) is 0 Å². The van der Waals surface area contributed by atoms with Crippen molar-refractivity contribution in [3.8, 4) is 23.3 Å². The number of aliphatic hydroxyl groups is 3. The van der Waals surface area contributed by atoms with E-state index in [4.69, 9.17) is 10.5 Å². The number of hydrogen-bond acceptors (Lipinski definition) is 9. The number of hydrogen-bond donors (Lipinski definition) is 6. The highest BCUT2D eigenvalue weighted by molar-refractivity contribution is 6.06. The van der Waals surface area contributed by atoms with E-state index in [0.29, 0.717) is 31.6 Å². The zero-order valence-electron chi connectivity index (χ0n) is 29.2. The summed E-state index contributed by atoms with van der Waals surface area (Å²) in [6.45, 7) is 2.54. The van der Waals surface area contributed by atoms with Gasteiger partial charge in [-0.1, -0.05) is 61.6 Å². The van der Waals surface area contributed by atoms with Crippen molar-refractivity contribution in [2.45, 2.75) is 82.8 Å². The first-order valence-electron chi connectivity index (χ1n) is 18.0. The van der Waals surface area contributed by atoms with Crippen LogP contribution in [-0.4, -0.2) is 64.5 Å². The largest absolute Gasteiger partial charge is 0.504 e. The van der Waals surface area contributed by atoms with Gasteiger partial charge in [0.2, 0.25) is 0 Å². The predicted octanol–water partition coefficient (Wildman–Crippen LogP) is 4.51. The number of nitrogens with two attached hydrogens (primary N) is 1. The Bertz CT molecular complexity index is 1620. The zero-order chi connectivity index (χ0) is 35.8. The van der Waals surface area contributed by atoms with Crippen LogP contribution in [-0.2, 0) is 16.0 Å². The lowest BCUT2D eigenvalue weighted by molar-refractivity contribution is -0.142. The molecule has 268 valence electrons. The number of carbonyl (C=O) groups is 2. The third-order valence-electron chi connectivity index (χ3n) is 10.8. The minimum absolute atomic E-state index is 0.0381. The first-order valence-corrected chi connectivity index (χ1v) is 18.0. The monoisotopic (exact) mass is 684 g/mol. The van der Waals surface area contributed by atoms with Gasteiger partial charge in [0.05, 0.1) is 25.0 Å². The lowest BCUT2D eigenvalue weighted by Crippen LogP contribution is -2.39. The highest BCUT2D eigenvalue weighted by atomic mass is 16.5. The van der Waals surface area contributed by atoms with Crippen molar-refractivity contribution >= 4 is 11.6 Å². The number of allylic oxidation sites excluding steroid dienone is 2. The Kier molecular flexibility index (Phi) is 12.8. The number of carbonyl (C=O) groups excluding carboxylic acids is 2. The first-order chi connectivity index (χ1) is 24.1. The Morgan fingerprint density at radius 1 is 1.06 bits per heavy atom. The predicted molar refractivity (Wildman–Crippen MR) is 192 cm³/mol. The Labute approximate surface area is 295 Å². The van der Waals surface area contributed by atoms with Gasteiger partial charge < -0.3 is 36.2 Å². The van der Waals surface area contributed by atoms with Gasteiger partial charge in [-0.3, -0.25) is 9.59 Å². The van der Waals surface area contributed by atoms with Gasteiger partial charge in [-0.15, -0.1) is 0 Å². The van der Waals surface area contributed by atoms with E-state index in [1.807, 2.05) is 36.4 Å². The summed E-state index contributed by atoms with van der Waals surface area (Å²) in [5.41, 5.74) is 9.63. The molecule has 5 rings (SSSR count). The van der Waals surface area contributed by atoms with Crippen LogP contribution in [0.15, 0.2) is 66.0 Å². The molecule has 0 amide bonds. The molecule has 2 aromatic rings. The number of nitrogens with one attached hydrogen (secondary N) is 1. The lowest BCUT2D eigenvalue weighted by atomic mass is 9.73. The number of phenolic OH excluding ortho intramolecular Hbond substituents is 1. The summed E-state index contributed by atoms with van der Waals surface area (Å²) < 4.78 is 5.41. The van der Waals surface area contributed by atoms with Gasteiger partial charge in [0.25, 0.3) is 0 Å². The van der Waals surface area contributed by atoms with Crippen molar-refractivity contribution in [3.05, 3.63) is 82.7 Å². The molecule has 0 spiro atoms. The quantitative estimate of drug-likeness (QED) is 0.156. The van der Waals surface area contributed by atoms with Crippen LogP contribution in [0.3, 0.4) is 0 Å². The number of dihydropyridines is 1.